The molecule has 0 bridgehead atoms. The molecule has 1 N–H and O–H groups in total. The first kappa shape index (κ1) is 20.0. The molecule has 0 aliphatic heterocycles. The second kappa shape index (κ2) is 9.05. The molecular formula is C22H24N4OS2. The number of anilines is 1. The summed E-state index contributed by atoms with van der Waals surface area (Å²) in [5.74, 6) is 1.57. The van der Waals surface area contributed by atoms with Gasteiger partial charge in [-0.25, -0.2) is 0 Å². The molecule has 1 aliphatic rings. The number of nitrogens with zero attached hydrogens (tertiary/aromatic N) is 3. The first-order valence-corrected chi connectivity index (χ1v) is 11.6. The third kappa shape index (κ3) is 4.85. The van der Waals surface area contributed by atoms with Gasteiger partial charge in [0.2, 0.25) is 5.91 Å². The molecule has 0 spiro atoms. The predicted molar refractivity (Wildman–Crippen MR) is 119 cm³/mol. The molecule has 5 nitrogen and oxygen atoms in total. The van der Waals surface area contributed by atoms with Crippen molar-refractivity contribution in [2.24, 2.45) is 0 Å². The molecule has 7 heteroatoms. The van der Waals surface area contributed by atoms with Gasteiger partial charge in [0, 0.05) is 22.3 Å². The van der Waals surface area contributed by atoms with E-state index >= 15 is 0 Å². The van der Waals surface area contributed by atoms with Crippen LogP contribution in [0.2, 0.25) is 0 Å². The van der Waals surface area contributed by atoms with E-state index in [1.807, 2.05) is 49.4 Å². The molecule has 29 heavy (non-hydrogen) atoms. The van der Waals surface area contributed by atoms with Crippen molar-refractivity contribution in [3.05, 3.63) is 60.4 Å². The summed E-state index contributed by atoms with van der Waals surface area (Å²) in [6, 6.07) is 18.1. The molecule has 1 saturated carbocycles. The highest BCUT2D eigenvalue weighted by Crippen LogP contribution is 2.40. The lowest BCUT2D eigenvalue weighted by molar-refractivity contribution is -0.115. The minimum atomic E-state index is -0.272. The highest BCUT2D eigenvalue weighted by Gasteiger charge is 2.30. The summed E-state index contributed by atoms with van der Waals surface area (Å²) < 4.78 is 2.14. The fourth-order valence-corrected chi connectivity index (χ4v) is 4.89. The van der Waals surface area contributed by atoms with E-state index < -0.39 is 0 Å². The van der Waals surface area contributed by atoms with Gasteiger partial charge in [-0.1, -0.05) is 53.9 Å². The molecule has 1 fully saturated rings. The van der Waals surface area contributed by atoms with Gasteiger partial charge in [0.15, 0.2) is 5.16 Å². The van der Waals surface area contributed by atoms with E-state index in [0.29, 0.717) is 5.92 Å². The summed E-state index contributed by atoms with van der Waals surface area (Å²) >= 11 is 3.11. The van der Waals surface area contributed by atoms with Crippen LogP contribution in [-0.4, -0.2) is 25.9 Å². The first-order valence-electron chi connectivity index (χ1n) is 9.88. The molecule has 1 unspecified atom stereocenters. The Kier molecular flexibility index (Phi) is 6.25. The van der Waals surface area contributed by atoms with Crippen LogP contribution in [0.3, 0.4) is 0 Å². The summed E-state index contributed by atoms with van der Waals surface area (Å²) in [6.07, 6.45) is 2.38. The van der Waals surface area contributed by atoms with Gasteiger partial charge in [-0.05, 0) is 51.0 Å². The number of nitrogens with one attached hydrogen (secondary N) is 1. The van der Waals surface area contributed by atoms with E-state index in [0.717, 1.165) is 33.0 Å². The van der Waals surface area contributed by atoms with Crippen LogP contribution in [0.5, 0.6) is 0 Å². The average Bonchev–Trinajstić information content (AvgIpc) is 3.51. The SMILES string of the molecule is CCn1c(SC(C)C(=O)Nc2ccccc2Sc2ccccc2)nnc1C1CC1. The van der Waals surface area contributed by atoms with Crippen LogP contribution in [0.15, 0.2) is 69.5 Å². The monoisotopic (exact) mass is 424 g/mol. The van der Waals surface area contributed by atoms with Gasteiger partial charge in [0.05, 0.1) is 10.9 Å². The van der Waals surface area contributed by atoms with E-state index in [-0.39, 0.29) is 11.2 Å². The highest BCUT2D eigenvalue weighted by molar-refractivity contribution is 8.00. The minimum Gasteiger partial charge on any atom is -0.324 e. The first-order chi connectivity index (χ1) is 14.2. The smallest absolute Gasteiger partial charge is 0.237 e. The zero-order chi connectivity index (χ0) is 20.2. The molecule has 4 rings (SSSR count). The van der Waals surface area contributed by atoms with Crippen LogP contribution in [0.1, 0.15) is 38.4 Å². The quantitative estimate of drug-likeness (QED) is 0.488. The second-order valence-corrected chi connectivity index (χ2v) is 9.44. The fraction of sp³-hybridized carbons (Fsp3) is 0.318. The topological polar surface area (TPSA) is 59.8 Å². The average molecular weight is 425 g/mol. The third-order valence-corrected chi connectivity index (χ3v) is 6.94. The van der Waals surface area contributed by atoms with E-state index in [9.17, 15) is 4.79 Å². The summed E-state index contributed by atoms with van der Waals surface area (Å²) in [7, 11) is 0. The van der Waals surface area contributed by atoms with Crippen molar-refractivity contribution in [1.29, 1.82) is 0 Å². The van der Waals surface area contributed by atoms with Gasteiger partial charge >= 0.3 is 0 Å². The number of hydrogen-bond donors (Lipinski definition) is 1. The number of aromatic nitrogens is 3. The van der Waals surface area contributed by atoms with Crippen LogP contribution < -0.4 is 5.32 Å². The standard InChI is InChI=1S/C22H24N4OS2/c1-3-26-20(16-13-14-16)24-25-22(26)28-15(2)21(27)23-18-11-7-8-12-19(18)29-17-9-5-4-6-10-17/h4-12,15-16H,3,13-14H2,1-2H3,(H,23,27). The van der Waals surface area contributed by atoms with E-state index in [1.165, 1.54) is 24.6 Å². The Morgan fingerprint density at radius 1 is 1.14 bits per heavy atom. The Morgan fingerprint density at radius 3 is 2.59 bits per heavy atom. The van der Waals surface area contributed by atoms with Crippen molar-refractivity contribution >= 4 is 35.1 Å². The Bertz CT molecular complexity index is 985. The Labute approximate surface area is 179 Å². The number of para-hydroxylation sites is 1. The molecule has 1 amide bonds. The summed E-state index contributed by atoms with van der Waals surface area (Å²) in [5.41, 5.74) is 0.828. The second-order valence-electron chi connectivity index (χ2n) is 7.02. The minimum absolute atomic E-state index is 0.0327. The molecule has 1 aliphatic carbocycles. The van der Waals surface area contributed by atoms with E-state index in [2.05, 4.69) is 39.1 Å². The number of benzene rings is 2. The van der Waals surface area contributed by atoms with E-state index in [1.54, 1.807) is 11.8 Å². The van der Waals surface area contributed by atoms with Gasteiger partial charge in [-0.15, -0.1) is 10.2 Å². The van der Waals surface area contributed by atoms with Crippen molar-refractivity contribution in [2.45, 2.75) is 59.3 Å². The number of hydrogen-bond acceptors (Lipinski definition) is 5. The molecule has 0 saturated heterocycles. The van der Waals surface area contributed by atoms with Gasteiger partial charge < -0.3 is 9.88 Å². The lowest BCUT2D eigenvalue weighted by Gasteiger charge is -2.15. The molecule has 3 aromatic rings. The summed E-state index contributed by atoms with van der Waals surface area (Å²) in [5, 5.41) is 12.3. The normalized spacial score (nSPS) is 14.6. The summed E-state index contributed by atoms with van der Waals surface area (Å²) in [4.78, 5) is 15.0. The van der Waals surface area contributed by atoms with Crippen LogP contribution in [0, 0.1) is 0 Å². The van der Waals surface area contributed by atoms with Gasteiger partial charge in [0.1, 0.15) is 5.82 Å². The van der Waals surface area contributed by atoms with E-state index in [4.69, 9.17) is 0 Å². The fourth-order valence-electron chi connectivity index (χ4n) is 3.05. The Balaban J connectivity index is 1.44. The number of rotatable bonds is 8. The number of carbonyl (C=O) groups is 1. The molecule has 150 valence electrons. The molecule has 2 aromatic carbocycles. The number of amides is 1. The predicted octanol–water partition coefficient (Wildman–Crippen LogP) is 5.45. The lowest BCUT2D eigenvalue weighted by Crippen LogP contribution is -2.23. The maximum atomic E-state index is 12.9. The van der Waals surface area contributed by atoms with Crippen molar-refractivity contribution < 1.29 is 4.79 Å². The maximum Gasteiger partial charge on any atom is 0.237 e. The van der Waals surface area contributed by atoms with Gasteiger partial charge in [-0.3, -0.25) is 4.79 Å². The van der Waals surface area contributed by atoms with Gasteiger partial charge in [-0.2, -0.15) is 0 Å². The number of carbonyl (C=O) groups excluding carboxylic acids is 1. The zero-order valence-corrected chi connectivity index (χ0v) is 18.2. The van der Waals surface area contributed by atoms with Crippen LogP contribution in [-0.2, 0) is 11.3 Å². The van der Waals surface area contributed by atoms with Crippen LogP contribution >= 0.6 is 23.5 Å². The zero-order valence-electron chi connectivity index (χ0n) is 16.5. The Hall–Kier alpha value is -2.25. The molecule has 1 atom stereocenters. The highest BCUT2D eigenvalue weighted by atomic mass is 32.2. The van der Waals surface area contributed by atoms with Crippen molar-refractivity contribution in [1.82, 2.24) is 14.8 Å². The Morgan fingerprint density at radius 2 is 1.86 bits per heavy atom. The maximum absolute atomic E-state index is 12.9. The van der Waals surface area contributed by atoms with Crippen LogP contribution in [0.25, 0.3) is 0 Å². The summed E-state index contributed by atoms with van der Waals surface area (Å²) in [6.45, 7) is 4.84. The number of thioether (sulfide) groups is 1. The lowest BCUT2D eigenvalue weighted by atomic mass is 10.3. The molecule has 1 aromatic heterocycles. The van der Waals surface area contributed by atoms with Crippen molar-refractivity contribution in [3.8, 4) is 0 Å². The van der Waals surface area contributed by atoms with Crippen molar-refractivity contribution in [3.63, 3.8) is 0 Å². The molecular weight excluding hydrogens is 400 g/mol. The third-order valence-electron chi connectivity index (χ3n) is 4.77. The van der Waals surface area contributed by atoms with Crippen molar-refractivity contribution in [2.75, 3.05) is 5.32 Å². The van der Waals surface area contributed by atoms with Gasteiger partial charge in [0.25, 0.3) is 0 Å². The molecule has 1 heterocycles. The molecule has 0 radical (unpaired) electrons. The van der Waals surface area contributed by atoms with Crippen LogP contribution in [0.4, 0.5) is 5.69 Å². The largest absolute Gasteiger partial charge is 0.324 e.